The van der Waals surface area contributed by atoms with Crippen molar-refractivity contribution in [2.45, 2.75) is 24.8 Å². The average Bonchev–Trinajstić information content (AvgIpc) is 2.43. The highest BCUT2D eigenvalue weighted by atomic mass is 35.5. The van der Waals surface area contributed by atoms with Gasteiger partial charge >= 0.3 is 0 Å². The highest BCUT2D eigenvalue weighted by Gasteiger charge is 2.22. The van der Waals surface area contributed by atoms with E-state index >= 15 is 0 Å². The van der Waals surface area contributed by atoms with Gasteiger partial charge < -0.3 is 9.47 Å². The van der Waals surface area contributed by atoms with Crippen molar-refractivity contribution in [3.8, 4) is 0 Å². The molecule has 0 aliphatic rings. The summed E-state index contributed by atoms with van der Waals surface area (Å²) in [4.78, 5) is 11.7. The number of carbonyl (C=O) groups excluding carboxylic acids is 1. The van der Waals surface area contributed by atoms with E-state index in [4.69, 9.17) is 21.1 Å². The van der Waals surface area contributed by atoms with E-state index in [1.54, 1.807) is 6.07 Å². The number of sulfonamides is 1. The van der Waals surface area contributed by atoms with Crippen LogP contribution in [0.5, 0.6) is 0 Å². The van der Waals surface area contributed by atoms with Crippen LogP contribution in [0.3, 0.4) is 0 Å². The van der Waals surface area contributed by atoms with Crippen LogP contribution in [-0.4, -0.2) is 40.2 Å². The van der Waals surface area contributed by atoms with Gasteiger partial charge in [-0.3, -0.25) is 4.79 Å². The fraction of sp³-hybridized carbons (Fsp3) is 0.462. The third-order valence-electron chi connectivity index (χ3n) is 2.51. The summed E-state index contributed by atoms with van der Waals surface area (Å²) >= 11 is 5.73. The lowest BCUT2D eigenvalue weighted by molar-refractivity contribution is -0.130. The molecule has 0 fully saturated rings. The molecule has 1 aromatic carbocycles. The van der Waals surface area contributed by atoms with Crippen molar-refractivity contribution < 1.29 is 22.7 Å². The first-order chi connectivity index (χ1) is 9.86. The highest BCUT2D eigenvalue weighted by Crippen LogP contribution is 2.15. The normalized spacial score (nSPS) is 12.9. The molecule has 0 saturated carbocycles. The van der Waals surface area contributed by atoms with Gasteiger partial charge in [0.15, 0.2) is 0 Å². The molecule has 1 N–H and O–H groups in total. The molecule has 118 valence electrons. The van der Waals surface area contributed by atoms with Crippen LogP contribution in [0.15, 0.2) is 29.2 Å². The number of rotatable bonds is 8. The molecule has 0 radical (unpaired) electrons. The molecular weight excluding hydrogens is 318 g/mol. The van der Waals surface area contributed by atoms with Crippen LogP contribution in [-0.2, 0) is 24.3 Å². The third kappa shape index (κ3) is 6.01. The zero-order chi connectivity index (χ0) is 15.9. The molecule has 1 atom stereocenters. The molecule has 0 unspecified atom stereocenters. The van der Waals surface area contributed by atoms with Crippen LogP contribution in [0.1, 0.15) is 13.8 Å². The summed E-state index contributed by atoms with van der Waals surface area (Å²) in [5.41, 5.74) is 0. The van der Waals surface area contributed by atoms with Crippen molar-refractivity contribution >= 4 is 27.5 Å². The van der Waals surface area contributed by atoms with Crippen molar-refractivity contribution in [2.24, 2.45) is 0 Å². The van der Waals surface area contributed by atoms with Crippen molar-refractivity contribution in [2.75, 3.05) is 19.8 Å². The van der Waals surface area contributed by atoms with Gasteiger partial charge in [0.1, 0.15) is 6.10 Å². The maximum Gasteiger partial charge on any atom is 0.264 e. The Kier molecular flexibility index (Phi) is 7.10. The predicted molar refractivity (Wildman–Crippen MR) is 78.7 cm³/mol. The second kappa shape index (κ2) is 8.33. The summed E-state index contributed by atoms with van der Waals surface area (Å²) in [7, 11) is -3.96. The zero-order valence-corrected chi connectivity index (χ0v) is 13.4. The fourth-order valence-corrected chi connectivity index (χ4v) is 2.76. The Morgan fingerprint density at radius 1 is 1.38 bits per heavy atom. The van der Waals surface area contributed by atoms with Crippen molar-refractivity contribution in [1.29, 1.82) is 0 Å². The molecule has 0 aliphatic heterocycles. The number of hydrogen-bond donors (Lipinski definition) is 1. The van der Waals surface area contributed by atoms with Crippen LogP contribution < -0.4 is 4.72 Å². The second-order valence-corrected chi connectivity index (χ2v) is 6.26. The summed E-state index contributed by atoms with van der Waals surface area (Å²) in [6.07, 6.45) is -0.903. The topological polar surface area (TPSA) is 81.7 Å². The predicted octanol–water partition coefficient (Wildman–Crippen LogP) is 1.59. The Morgan fingerprint density at radius 2 is 2.10 bits per heavy atom. The largest absolute Gasteiger partial charge is 0.379 e. The first kappa shape index (κ1) is 17.9. The van der Waals surface area contributed by atoms with E-state index in [1.165, 1.54) is 25.1 Å². The fourth-order valence-electron chi connectivity index (χ4n) is 1.41. The third-order valence-corrected chi connectivity index (χ3v) is 4.09. The van der Waals surface area contributed by atoms with Gasteiger partial charge in [-0.2, -0.15) is 0 Å². The van der Waals surface area contributed by atoms with E-state index in [-0.39, 0.29) is 16.5 Å². The minimum Gasteiger partial charge on any atom is -0.379 e. The summed E-state index contributed by atoms with van der Waals surface area (Å²) in [6.45, 7) is 4.41. The first-order valence-corrected chi connectivity index (χ1v) is 8.24. The van der Waals surface area contributed by atoms with Crippen LogP contribution in [0.2, 0.25) is 5.02 Å². The van der Waals surface area contributed by atoms with E-state index in [9.17, 15) is 13.2 Å². The maximum atomic E-state index is 12.0. The van der Waals surface area contributed by atoms with Crippen LogP contribution in [0.4, 0.5) is 0 Å². The Morgan fingerprint density at radius 3 is 2.71 bits per heavy atom. The number of benzene rings is 1. The molecule has 0 aliphatic carbocycles. The monoisotopic (exact) mass is 335 g/mol. The molecular formula is C13H18ClNO5S. The molecule has 1 rings (SSSR count). The van der Waals surface area contributed by atoms with Gasteiger partial charge in [0.25, 0.3) is 15.9 Å². The zero-order valence-electron chi connectivity index (χ0n) is 11.8. The number of halogens is 1. The minimum absolute atomic E-state index is 0.0788. The summed E-state index contributed by atoms with van der Waals surface area (Å²) in [6, 6.07) is 5.64. The molecule has 1 aromatic rings. The molecule has 0 aromatic heterocycles. The van der Waals surface area contributed by atoms with E-state index in [0.29, 0.717) is 13.2 Å². The molecule has 0 saturated heterocycles. The van der Waals surface area contributed by atoms with Gasteiger partial charge in [0.05, 0.1) is 18.1 Å². The van der Waals surface area contributed by atoms with E-state index < -0.39 is 22.0 Å². The highest BCUT2D eigenvalue weighted by molar-refractivity contribution is 7.90. The van der Waals surface area contributed by atoms with Gasteiger partial charge in [0, 0.05) is 11.6 Å². The van der Waals surface area contributed by atoms with Crippen LogP contribution in [0.25, 0.3) is 0 Å². The lowest BCUT2D eigenvalue weighted by Crippen LogP contribution is -2.39. The molecule has 0 bridgehead atoms. The lowest BCUT2D eigenvalue weighted by atomic mass is 10.4. The van der Waals surface area contributed by atoms with E-state index in [2.05, 4.69) is 0 Å². The standard InChI is InChI=1S/C13H18ClNO5S/c1-3-19-7-8-20-10(2)13(16)15-21(17,18)12-6-4-5-11(14)9-12/h4-6,9-10H,3,7-8H2,1-2H3,(H,15,16)/t10-/m1/s1. The Bertz CT molecular complexity index is 576. The maximum absolute atomic E-state index is 12.0. The van der Waals surface area contributed by atoms with Gasteiger partial charge in [-0.1, -0.05) is 17.7 Å². The van der Waals surface area contributed by atoms with Crippen LogP contribution in [0, 0.1) is 0 Å². The number of nitrogens with one attached hydrogen (secondary N) is 1. The van der Waals surface area contributed by atoms with Gasteiger partial charge in [-0.15, -0.1) is 0 Å². The summed E-state index contributed by atoms with van der Waals surface area (Å²) in [5, 5.41) is 0.270. The number of hydrogen-bond acceptors (Lipinski definition) is 5. The number of amides is 1. The van der Waals surface area contributed by atoms with Crippen LogP contribution >= 0.6 is 11.6 Å². The molecule has 1 amide bonds. The minimum atomic E-state index is -3.96. The lowest BCUT2D eigenvalue weighted by Gasteiger charge is -2.13. The van der Waals surface area contributed by atoms with E-state index in [1.807, 2.05) is 11.6 Å². The quantitative estimate of drug-likeness (QED) is 0.729. The Balaban J connectivity index is 2.60. The van der Waals surface area contributed by atoms with Crippen molar-refractivity contribution in [3.05, 3.63) is 29.3 Å². The van der Waals surface area contributed by atoms with Gasteiger partial charge in [-0.05, 0) is 32.0 Å². The number of carbonyl (C=O) groups is 1. The molecule has 8 heteroatoms. The smallest absolute Gasteiger partial charge is 0.264 e. The molecule has 21 heavy (non-hydrogen) atoms. The average molecular weight is 336 g/mol. The SMILES string of the molecule is CCOCCO[C@H](C)C(=O)NS(=O)(=O)c1cccc(Cl)c1. The second-order valence-electron chi connectivity index (χ2n) is 4.14. The van der Waals surface area contributed by atoms with E-state index in [0.717, 1.165) is 0 Å². The summed E-state index contributed by atoms with van der Waals surface area (Å²) < 4.78 is 36.2. The Labute approximate surface area is 129 Å². The summed E-state index contributed by atoms with van der Waals surface area (Å²) in [5.74, 6) is -0.744. The van der Waals surface area contributed by atoms with Gasteiger partial charge in [-0.25, -0.2) is 13.1 Å². The molecule has 6 nitrogen and oxygen atoms in total. The molecule has 0 heterocycles. The van der Waals surface area contributed by atoms with Gasteiger partial charge in [0.2, 0.25) is 0 Å². The first-order valence-electron chi connectivity index (χ1n) is 6.38. The Hall–Kier alpha value is -1.15. The number of ether oxygens (including phenoxy) is 2. The van der Waals surface area contributed by atoms with Crippen molar-refractivity contribution in [3.63, 3.8) is 0 Å². The molecule has 0 spiro atoms. The van der Waals surface area contributed by atoms with Crippen molar-refractivity contribution in [1.82, 2.24) is 4.72 Å².